The van der Waals surface area contributed by atoms with Crippen LogP contribution < -0.4 is 5.73 Å². The Labute approximate surface area is 114 Å². The first-order valence-electron chi connectivity index (χ1n) is 5.62. The van der Waals surface area contributed by atoms with Crippen LogP contribution in [0.25, 0.3) is 0 Å². The lowest BCUT2D eigenvalue weighted by Gasteiger charge is -2.09. The Morgan fingerprint density at radius 2 is 2.24 bits per heavy atom. The number of nitrogens with zero attached hydrogens (tertiary/aromatic N) is 1. The van der Waals surface area contributed by atoms with E-state index in [1.54, 1.807) is 6.20 Å². The molecule has 1 unspecified atom stereocenters. The number of pyridine rings is 1. The maximum Gasteiger partial charge on any atom is 0.0431 e. The van der Waals surface area contributed by atoms with Gasteiger partial charge in [0.15, 0.2) is 0 Å². The molecule has 2 aromatic heterocycles. The number of hydrogen-bond donors (Lipinski definition) is 1. The van der Waals surface area contributed by atoms with E-state index in [-0.39, 0.29) is 6.04 Å². The zero-order chi connectivity index (χ0) is 12.3. The Morgan fingerprint density at radius 1 is 1.41 bits per heavy atom. The van der Waals surface area contributed by atoms with Crippen LogP contribution in [0.3, 0.4) is 0 Å². The summed E-state index contributed by atoms with van der Waals surface area (Å²) in [6.07, 6.45) is 5.57. The highest BCUT2D eigenvalue weighted by Crippen LogP contribution is 2.25. The number of aromatic nitrogens is 1. The molecule has 2 rings (SSSR count). The molecule has 0 aliphatic rings. The highest BCUT2D eigenvalue weighted by atomic mass is 79.9. The Kier molecular flexibility index (Phi) is 4.31. The van der Waals surface area contributed by atoms with Crippen LogP contribution in [0.5, 0.6) is 0 Å². The van der Waals surface area contributed by atoms with Gasteiger partial charge in [-0.1, -0.05) is 6.92 Å². The molecule has 2 nitrogen and oxygen atoms in total. The summed E-state index contributed by atoms with van der Waals surface area (Å²) in [7, 11) is 0. The van der Waals surface area contributed by atoms with E-state index in [0.717, 1.165) is 17.3 Å². The van der Waals surface area contributed by atoms with Crippen LogP contribution in [0.4, 0.5) is 0 Å². The quantitative estimate of drug-likeness (QED) is 0.935. The van der Waals surface area contributed by atoms with E-state index in [1.807, 2.05) is 17.5 Å². The number of hydrogen-bond acceptors (Lipinski definition) is 3. The van der Waals surface area contributed by atoms with Crippen LogP contribution in [-0.2, 0) is 12.8 Å². The molecule has 0 aliphatic carbocycles. The summed E-state index contributed by atoms with van der Waals surface area (Å²) in [5, 5.41) is 0. The molecule has 2 aromatic rings. The fourth-order valence-electron chi connectivity index (χ4n) is 1.71. The Morgan fingerprint density at radius 3 is 2.88 bits per heavy atom. The second-order valence-corrected chi connectivity index (χ2v) is 6.10. The molecule has 1 atom stereocenters. The summed E-state index contributed by atoms with van der Waals surface area (Å²) in [6, 6.07) is 6.44. The maximum absolute atomic E-state index is 6.21. The average molecular weight is 311 g/mol. The van der Waals surface area contributed by atoms with Gasteiger partial charge in [-0.05, 0) is 52.5 Å². The SMILES string of the molecule is CCc1ccc(C(N)Cc2cncc(Br)c2)s1. The molecule has 0 aliphatic heterocycles. The van der Waals surface area contributed by atoms with Crippen LogP contribution in [0.2, 0.25) is 0 Å². The van der Waals surface area contributed by atoms with Gasteiger partial charge in [0, 0.05) is 32.7 Å². The van der Waals surface area contributed by atoms with Crippen molar-refractivity contribution in [3.63, 3.8) is 0 Å². The van der Waals surface area contributed by atoms with Gasteiger partial charge in [-0.25, -0.2) is 0 Å². The molecule has 0 amide bonds. The third-order valence-electron chi connectivity index (χ3n) is 2.61. The highest BCUT2D eigenvalue weighted by molar-refractivity contribution is 9.10. The van der Waals surface area contributed by atoms with E-state index in [1.165, 1.54) is 15.3 Å². The molecular formula is C13H15BrN2S. The van der Waals surface area contributed by atoms with Gasteiger partial charge >= 0.3 is 0 Å². The summed E-state index contributed by atoms with van der Waals surface area (Å²) >= 11 is 5.23. The minimum atomic E-state index is 0.0661. The van der Waals surface area contributed by atoms with Gasteiger partial charge in [0.25, 0.3) is 0 Å². The van der Waals surface area contributed by atoms with Crippen LogP contribution in [0.15, 0.2) is 35.1 Å². The van der Waals surface area contributed by atoms with Crippen molar-refractivity contribution >= 4 is 27.3 Å². The third-order valence-corrected chi connectivity index (χ3v) is 4.41. The molecule has 2 N–H and O–H groups in total. The van der Waals surface area contributed by atoms with Gasteiger partial charge < -0.3 is 5.73 Å². The van der Waals surface area contributed by atoms with Crippen molar-refractivity contribution in [2.45, 2.75) is 25.8 Å². The minimum Gasteiger partial charge on any atom is -0.323 e. The van der Waals surface area contributed by atoms with Gasteiger partial charge in [0.05, 0.1) is 0 Å². The van der Waals surface area contributed by atoms with E-state index in [9.17, 15) is 0 Å². The predicted octanol–water partition coefficient (Wildman–Crippen LogP) is 3.71. The smallest absolute Gasteiger partial charge is 0.0431 e. The standard InChI is InChI=1S/C13H15BrN2S/c1-2-11-3-4-13(17-11)12(15)6-9-5-10(14)8-16-7-9/h3-5,7-8,12H,2,6,15H2,1H3. The van der Waals surface area contributed by atoms with Gasteiger partial charge in [-0.3, -0.25) is 4.98 Å². The number of aryl methyl sites for hydroxylation is 1. The second kappa shape index (κ2) is 5.76. The molecular weight excluding hydrogens is 296 g/mol. The van der Waals surface area contributed by atoms with Crippen molar-refractivity contribution in [2.75, 3.05) is 0 Å². The van der Waals surface area contributed by atoms with Crippen molar-refractivity contribution in [1.82, 2.24) is 4.98 Å². The first-order valence-corrected chi connectivity index (χ1v) is 7.23. The second-order valence-electron chi connectivity index (χ2n) is 3.98. The minimum absolute atomic E-state index is 0.0661. The topological polar surface area (TPSA) is 38.9 Å². The van der Waals surface area contributed by atoms with Gasteiger partial charge in [-0.2, -0.15) is 0 Å². The van der Waals surface area contributed by atoms with Crippen molar-refractivity contribution in [3.8, 4) is 0 Å². The third kappa shape index (κ3) is 3.37. The summed E-state index contributed by atoms with van der Waals surface area (Å²) in [6.45, 7) is 2.17. The lowest BCUT2D eigenvalue weighted by atomic mass is 10.1. The monoisotopic (exact) mass is 310 g/mol. The summed E-state index contributed by atoms with van der Waals surface area (Å²) in [4.78, 5) is 6.80. The fraction of sp³-hybridized carbons (Fsp3) is 0.308. The predicted molar refractivity (Wildman–Crippen MR) is 76.3 cm³/mol. The lowest BCUT2D eigenvalue weighted by Crippen LogP contribution is -2.11. The van der Waals surface area contributed by atoms with Crippen LogP contribution >= 0.6 is 27.3 Å². The van der Waals surface area contributed by atoms with E-state index in [0.29, 0.717) is 0 Å². The van der Waals surface area contributed by atoms with Crippen LogP contribution in [-0.4, -0.2) is 4.98 Å². The fourth-order valence-corrected chi connectivity index (χ4v) is 3.07. The molecule has 0 spiro atoms. The number of rotatable bonds is 4. The normalized spacial score (nSPS) is 12.6. The zero-order valence-corrected chi connectivity index (χ0v) is 12.1. The Hall–Kier alpha value is -0.710. The molecule has 4 heteroatoms. The van der Waals surface area contributed by atoms with Gasteiger partial charge in [0.1, 0.15) is 0 Å². The molecule has 17 heavy (non-hydrogen) atoms. The summed E-state index contributed by atoms with van der Waals surface area (Å²) < 4.78 is 1.00. The molecule has 0 aromatic carbocycles. The van der Waals surface area contributed by atoms with Crippen molar-refractivity contribution in [1.29, 1.82) is 0 Å². The molecule has 0 radical (unpaired) electrons. The average Bonchev–Trinajstić information content (AvgIpc) is 2.77. The summed E-state index contributed by atoms with van der Waals surface area (Å²) in [5.41, 5.74) is 7.38. The van der Waals surface area contributed by atoms with Crippen LogP contribution in [0.1, 0.15) is 28.3 Å². The molecule has 0 fully saturated rings. The summed E-state index contributed by atoms with van der Waals surface area (Å²) in [5.74, 6) is 0. The molecule has 2 heterocycles. The van der Waals surface area contributed by atoms with Crippen LogP contribution in [0, 0.1) is 0 Å². The van der Waals surface area contributed by atoms with Crippen molar-refractivity contribution < 1.29 is 0 Å². The first-order chi connectivity index (χ1) is 8.19. The van der Waals surface area contributed by atoms with Crippen molar-refractivity contribution in [3.05, 3.63) is 50.4 Å². The molecule has 0 bridgehead atoms. The zero-order valence-electron chi connectivity index (χ0n) is 9.69. The van der Waals surface area contributed by atoms with E-state index < -0.39 is 0 Å². The number of thiophene rings is 1. The van der Waals surface area contributed by atoms with Crippen molar-refractivity contribution in [2.24, 2.45) is 5.73 Å². The number of nitrogens with two attached hydrogens (primary N) is 1. The van der Waals surface area contributed by atoms with E-state index in [4.69, 9.17) is 5.73 Å². The Bertz CT molecular complexity index is 496. The lowest BCUT2D eigenvalue weighted by molar-refractivity contribution is 0.733. The molecule has 0 saturated carbocycles. The largest absolute Gasteiger partial charge is 0.323 e. The highest BCUT2D eigenvalue weighted by Gasteiger charge is 2.10. The maximum atomic E-state index is 6.21. The molecule has 0 saturated heterocycles. The van der Waals surface area contributed by atoms with Gasteiger partial charge in [-0.15, -0.1) is 11.3 Å². The van der Waals surface area contributed by atoms with E-state index in [2.05, 4.69) is 46.0 Å². The van der Waals surface area contributed by atoms with Gasteiger partial charge in [0.2, 0.25) is 0 Å². The number of halogens is 1. The molecule has 90 valence electrons. The Balaban J connectivity index is 2.08. The van der Waals surface area contributed by atoms with E-state index >= 15 is 0 Å². The first kappa shape index (κ1) is 12.7.